The van der Waals surface area contributed by atoms with Gasteiger partial charge in [0.1, 0.15) is 11.5 Å². The molecule has 3 aliphatic heterocycles. The average Bonchev–Trinajstić information content (AvgIpc) is 2.92. The van der Waals surface area contributed by atoms with Crippen molar-refractivity contribution in [3.63, 3.8) is 0 Å². The molecule has 2 bridgehead atoms. The number of aliphatic hydroxyl groups is 1. The summed E-state index contributed by atoms with van der Waals surface area (Å²) in [5.74, 6) is 2.31. The Morgan fingerprint density at radius 1 is 1.14 bits per heavy atom. The maximum absolute atomic E-state index is 11.6. The van der Waals surface area contributed by atoms with Gasteiger partial charge in [0, 0.05) is 24.2 Å². The van der Waals surface area contributed by atoms with Crippen LogP contribution in [-0.2, 0) is 4.74 Å². The van der Waals surface area contributed by atoms with Gasteiger partial charge in [-0.25, -0.2) is 4.79 Å². The van der Waals surface area contributed by atoms with Crippen molar-refractivity contribution in [2.75, 3.05) is 33.9 Å². The lowest BCUT2D eigenvalue weighted by Gasteiger charge is -2.51. The van der Waals surface area contributed by atoms with Gasteiger partial charge in [0.15, 0.2) is 0 Å². The van der Waals surface area contributed by atoms with Crippen molar-refractivity contribution in [2.24, 2.45) is 11.8 Å². The number of ether oxygens (including phenoxy) is 3. The molecule has 1 aromatic heterocycles. The molecular weight excluding hydrogens is 444 g/mol. The number of carbonyl (C=O) groups is 1. The van der Waals surface area contributed by atoms with E-state index in [1.54, 1.807) is 25.4 Å². The number of hydrogen-bond donors (Lipinski definition) is 1. The molecule has 2 aromatic carbocycles. The van der Waals surface area contributed by atoms with Gasteiger partial charge in [-0.2, -0.15) is 0 Å². The summed E-state index contributed by atoms with van der Waals surface area (Å²) in [6.45, 7) is 2.63. The molecule has 5 atom stereocenters. The zero-order valence-corrected chi connectivity index (χ0v) is 20.2. The van der Waals surface area contributed by atoms with Gasteiger partial charge in [-0.15, -0.1) is 0 Å². The molecule has 3 aromatic rings. The third-order valence-corrected chi connectivity index (χ3v) is 7.63. The molecular formula is C28H32N2O5. The maximum Gasteiger partial charge on any atom is 0.337 e. The number of piperidine rings is 3. The van der Waals surface area contributed by atoms with Crippen LogP contribution >= 0.6 is 0 Å². The first-order valence-corrected chi connectivity index (χ1v) is 12.2. The van der Waals surface area contributed by atoms with Crippen LogP contribution < -0.4 is 9.47 Å². The number of pyridine rings is 1. The maximum atomic E-state index is 11.6. The second-order valence-electron chi connectivity index (χ2n) is 9.49. The Hall–Kier alpha value is -3.16. The van der Waals surface area contributed by atoms with Gasteiger partial charge in [-0.3, -0.25) is 9.88 Å². The number of esters is 1. The highest BCUT2D eigenvalue weighted by atomic mass is 16.5. The van der Waals surface area contributed by atoms with E-state index in [2.05, 4.69) is 9.88 Å². The van der Waals surface area contributed by atoms with Crippen molar-refractivity contribution < 1.29 is 24.1 Å². The monoisotopic (exact) mass is 476 g/mol. The van der Waals surface area contributed by atoms with Crippen LogP contribution in [0, 0.1) is 11.8 Å². The van der Waals surface area contributed by atoms with E-state index >= 15 is 0 Å². The van der Waals surface area contributed by atoms with Crippen molar-refractivity contribution in [1.29, 1.82) is 0 Å². The predicted octanol–water partition coefficient (Wildman–Crippen LogP) is 4.24. The van der Waals surface area contributed by atoms with E-state index < -0.39 is 6.10 Å². The third-order valence-electron chi connectivity index (χ3n) is 7.63. The van der Waals surface area contributed by atoms with Crippen LogP contribution in [0.2, 0.25) is 0 Å². The van der Waals surface area contributed by atoms with E-state index in [1.807, 2.05) is 36.4 Å². The number of hydrogen-bond acceptors (Lipinski definition) is 7. The van der Waals surface area contributed by atoms with E-state index in [0.717, 1.165) is 60.3 Å². The van der Waals surface area contributed by atoms with Crippen LogP contribution in [0.25, 0.3) is 10.9 Å². The molecule has 0 saturated carbocycles. The fourth-order valence-corrected chi connectivity index (χ4v) is 5.71. The molecule has 3 saturated heterocycles. The molecule has 4 heterocycles. The second kappa shape index (κ2) is 10.2. The van der Waals surface area contributed by atoms with Gasteiger partial charge in [0.2, 0.25) is 0 Å². The van der Waals surface area contributed by atoms with Crippen LogP contribution in [0.4, 0.5) is 0 Å². The Balaban J connectivity index is 1.21. The number of aliphatic hydroxyl groups excluding tert-OH is 1. The lowest BCUT2D eigenvalue weighted by molar-refractivity contribution is -0.0593. The molecule has 1 N–H and O–H groups in total. The Morgan fingerprint density at radius 2 is 1.94 bits per heavy atom. The van der Waals surface area contributed by atoms with E-state index in [0.29, 0.717) is 24.0 Å². The Morgan fingerprint density at radius 3 is 2.66 bits per heavy atom. The van der Waals surface area contributed by atoms with E-state index in [9.17, 15) is 9.90 Å². The fourth-order valence-electron chi connectivity index (χ4n) is 5.71. The molecule has 0 radical (unpaired) electrons. The van der Waals surface area contributed by atoms with Crippen LogP contribution in [0.3, 0.4) is 0 Å². The van der Waals surface area contributed by atoms with Crippen molar-refractivity contribution in [1.82, 2.24) is 9.88 Å². The van der Waals surface area contributed by atoms with Gasteiger partial charge < -0.3 is 19.3 Å². The highest BCUT2D eigenvalue weighted by molar-refractivity contribution is 5.89. The van der Waals surface area contributed by atoms with Crippen LogP contribution in [0.15, 0.2) is 54.7 Å². The molecule has 184 valence electrons. The van der Waals surface area contributed by atoms with Crippen molar-refractivity contribution in [3.05, 3.63) is 65.9 Å². The summed E-state index contributed by atoms with van der Waals surface area (Å²) >= 11 is 0. The zero-order chi connectivity index (χ0) is 24.4. The summed E-state index contributed by atoms with van der Waals surface area (Å²) < 4.78 is 16.1. The fraction of sp³-hybridized carbons (Fsp3) is 0.429. The van der Waals surface area contributed by atoms with E-state index in [1.165, 1.54) is 7.11 Å². The van der Waals surface area contributed by atoms with Crippen molar-refractivity contribution in [2.45, 2.75) is 31.4 Å². The molecule has 3 fully saturated rings. The third kappa shape index (κ3) is 4.83. The Bertz CT molecular complexity index is 1180. The minimum absolute atomic E-state index is 0.105. The van der Waals surface area contributed by atoms with Gasteiger partial charge in [-0.05, 0) is 91.7 Å². The standard InChI is InChI=1S/C28H32N2O5/c1-33-22-7-8-25-24(16-22)23(9-12-29-25)27(31)26-15-19-10-13-30(26)17-20(19)11-14-35-21-5-3-18(4-6-21)28(32)34-2/h3-9,12,16,19-20,26-27,31H,10-11,13-15,17H2,1-2H3/t19-,20-,26-,27-/m0/s1. The van der Waals surface area contributed by atoms with Crippen LogP contribution in [-0.4, -0.2) is 60.9 Å². The molecule has 35 heavy (non-hydrogen) atoms. The second-order valence-corrected chi connectivity index (χ2v) is 9.49. The first-order chi connectivity index (χ1) is 17.1. The highest BCUT2D eigenvalue weighted by Crippen LogP contribution is 2.43. The first-order valence-electron chi connectivity index (χ1n) is 12.2. The summed E-state index contributed by atoms with van der Waals surface area (Å²) in [6, 6.07) is 14.9. The lowest BCUT2D eigenvalue weighted by Crippen LogP contribution is -2.55. The van der Waals surface area contributed by atoms with Gasteiger partial charge in [-0.1, -0.05) is 0 Å². The zero-order valence-electron chi connectivity index (χ0n) is 20.2. The molecule has 7 nitrogen and oxygen atoms in total. The van der Waals surface area contributed by atoms with Crippen molar-refractivity contribution in [3.8, 4) is 11.5 Å². The van der Waals surface area contributed by atoms with Gasteiger partial charge in [0.25, 0.3) is 0 Å². The Kier molecular flexibility index (Phi) is 6.88. The smallest absolute Gasteiger partial charge is 0.337 e. The molecule has 1 unspecified atom stereocenters. The average molecular weight is 477 g/mol. The molecule has 0 amide bonds. The minimum Gasteiger partial charge on any atom is -0.497 e. The number of fused-ring (bicyclic) bond motifs is 4. The predicted molar refractivity (Wildman–Crippen MR) is 133 cm³/mol. The van der Waals surface area contributed by atoms with Crippen molar-refractivity contribution >= 4 is 16.9 Å². The number of aromatic nitrogens is 1. The number of nitrogens with zero attached hydrogens (tertiary/aromatic N) is 2. The topological polar surface area (TPSA) is 81.1 Å². The summed E-state index contributed by atoms with van der Waals surface area (Å²) in [5.41, 5.74) is 2.30. The quantitative estimate of drug-likeness (QED) is 0.487. The summed E-state index contributed by atoms with van der Waals surface area (Å²) in [4.78, 5) is 18.5. The molecule has 7 heteroatoms. The van der Waals surface area contributed by atoms with E-state index in [4.69, 9.17) is 14.2 Å². The number of benzene rings is 2. The van der Waals surface area contributed by atoms with Crippen LogP contribution in [0.1, 0.15) is 41.3 Å². The molecule has 3 aliphatic rings. The van der Waals surface area contributed by atoms with E-state index in [-0.39, 0.29) is 12.0 Å². The SMILES string of the molecule is COC(=O)c1ccc(OCC[C@H]2CN3CC[C@H]2C[C@H]3[C@@H](O)c2ccnc3ccc(OC)cc23)cc1. The summed E-state index contributed by atoms with van der Waals surface area (Å²) in [6.07, 6.45) is 4.32. The van der Waals surface area contributed by atoms with Gasteiger partial charge in [0.05, 0.1) is 38.0 Å². The molecule has 0 spiro atoms. The highest BCUT2D eigenvalue weighted by Gasteiger charge is 2.43. The molecule has 0 aliphatic carbocycles. The minimum atomic E-state index is -0.569. The lowest BCUT2D eigenvalue weighted by atomic mass is 9.72. The normalized spacial score (nSPS) is 24.2. The van der Waals surface area contributed by atoms with Gasteiger partial charge >= 0.3 is 5.97 Å². The Labute approximate surface area is 205 Å². The van der Waals surface area contributed by atoms with Crippen LogP contribution in [0.5, 0.6) is 11.5 Å². The summed E-state index contributed by atoms with van der Waals surface area (Å²) in [7, 11) is 3.03. The number of carbonyl (C=O) groups excluding carboxylic acids is 1. The number of rotatable bonds is 8. The summed E-state index contributed by atoms with van der Waals surface area (Å²) in [5, 5.41) is 12.4. The first kappa shape index (κ1) is 23.6. The largest absolute Gasteiger partial charge is 0.497 e. The number of methoxy groups -OCH3 is 2. The molecule has 6 rings (SSSR count).